The van der Waals surface area contributed by atoms with Crippen LogP contribution in [0.15, 0.2) is 45.8 Å². The molecule has 178 valence electrons. The first-order valence-electron chi connectivity index (χ1n) is 11.2. The standard InChI is InChI=1S/C23H24Cl2N6O3/c24-15-8-14(9-16(25)10-15)20-11-17(29-34-20)12-27-23(33)31(18-3-4-18)19-2-1-7-30(13-19)21-5-6-26-22(32)28-21/h5-6,8-11,18-19H,1-4,7,12-13H2,(H,27,33)(H,26,28,32)/t19-/m1/s1. The molecule has 3 aromatic rings. The zero-order valence-corrected chi connectivity index (χ0v) is 19.8. The number of hydrogen-bond acceptors (Lipinski definition) is 6. The van der Waals surface area contributed by atoms with E-state index in [1.807, 2.05) is 4.90 Å². The number of benzene rings is 1. The Balaban J connectivity index is 1.24. The van der Waals surface area contributed by atoms with E-state index in [0.29, 0.717) is 28.0 Å². The van der Waals surface area contributed by atoms with Gasteiger partial charge in [-0.2, -0.15) is 0 Å². The summed E-state index contributed by atoms with van der Waals surface area (Å²) in [6.07, 6.45) is 5.35. The summed E-state index contributed by atoms with van der Waals surface area (Å²) in [5, 5.41) is 8.08. The van der Waals surface area contributed by atoms with Crippen molar-refractivity contribution < 1.29 is 9.32 Å². The van der Waals surface area contributed by atoms with Gasteiger partial charge < -0.3 is 19.6 Å². The van der Waals surface area contributed by atoms with Gasteiger partial charge in [0.2, 0.25) is 0 Å². The Kier molecular flexibility index (Phi) is 6.47. The SMILES string of the molecule is O=C(NCc1cc(-c2cc(Cl)cc(Cl)c2)on1)N(C1CC1)[C@@H]1CCCN(c2ccnc(=O)[nH]2)C1. The van der Waals surface area contributed by atoms with E-state index in [-0.39, 0.29) is 30.3 Å². The number of carbonyl (C=O) groups excluding carboxylic acids is 1. The van der Waals surface area contributed by atoms with Crippen LogP contribution < -0.4 is 15.9 Å². The summed E-state index contributed by atoms with van der Waals surface area (Å²) in [5.41, 5.74) is 0.955. The van der Waals surface area contributed by atoms with Crippen molar-refractivity contribution in [3.05, 3.63) is 62.8 Å². The van der Waals surface area contributed by atoms with Crippen LogP contribution in [0.5, 0.6) is 0 Å². The fourth-order valence-electron chi connectivity index (χ4n) is 4.41. The molecular weight excluding hydrogens is 479 g/mol. The molecule has 2 amide bonds. The lowest BCUT2D eigenvalue weighted by atomic mass is 10.0. The van der Waals surface area contributed by atoms with Crippen molar-refractivity contribution >= 4 is 35.1 Å². The van der Waals surface area contributed by atoms with E-state index in [1.165, 1.54) is 6.20 Å². The summed E-state index contributed by atoms with van der Waals surface area (Å²) in [7, 11) is 0. The van der Waals surface area contributed by atoms with Crippen molar-refractivity contribution in [2.24, 2.45) is 0 Å². The molecule has 2 N–H and O–H groups in total. The third-order valence-corrected chi connectivity index (χ3v) is 6.53. The molecule has 1 aliphatic heterocycles. The van der Waals surface area contributed by atoms with Crippen molar-refractivity contribution in [1.29, 1.82) is 0 Å². The van der Waals surface area contributed by atoms with E-state index in [9.17, 15) is 9.59 Å². The van der Waals surface area contributed by atoms with Gasteiger partial charge in [-0.25, -0.2) is 14.6 Å². The van der Waals surface area contributed by atoms with Crippen molar-refractivity contribution in [3.8, 4) is 11.3 Å². The van der Waals surface area contributed by atoms with Crippen LogP contribution in [0, 0.1) is 0 Å². The third-order valence-electron chi connectivity index (χ3n) is 6.09. The minimum atomic E-state index is -0.372. The molecule has 1 saturated carbocycles. The molecule has 0 bridgehead atoms. The largest absolute Gasteiger partial charge is 0.356 e. The molecule has 5 rings (SSSR count). The van der Waals surface area contributed by atoms with Crippen LogP contribution in [0.1, 0.15) is 31.4 Å². The van der Waals surface area contributed by atoms with Crippen LogP contribution in [0.2, 0.25) is 10.0 Å². The number of amides is 2. The van der Waals surface area contributed by atoms with Crippen molar-refractivity contribution in [3.63, 3.8) is 0 Å². The Labute approximate surface area is 206 Å². The van der Waals surface area contributed by atoms with Crippen molar-refractivity contribution in [1.82, 2.24) is 25.3 Å². The van der Waals surface area contributed by atoms with Gasteiger partial charge in [-0.3, -0.25) is 4.98 Å². The summed E-state index contributed by atoms with van der Waals surface area (Å²) in [5.74, 6) is 1.26. The van der Waals surface area contributed by atoms with Gasteiger partial charge in [-0.15, -0.1) is 0 Å². The first-order chi connectivity index (χ1) is 16.5. The number of halogens is 2. The molecule has 0 radical (unpaired) electrons. The Morgan fingerprint density at radius 1 is 1.18 bits per heavy atom. The molecule has 2 fully saturated rings. The number of aromatic amines is 1. The van der Waals surface area contributed by atoms with Gasteiger partial charge in [0.05, 0.1) is 12.6 Å². The number of nitrogens with zero attached hydrogens (tertiary/aromatic N) is 4. The lowest BCUT2D eigenvalue weighted by Gasteiger charge is -2.40. The molecule has 1 atom stereocenters. The summed E-state index contributed by atoms with van der Waals surface area (Å²) in [4.78, 5) is 35.4. The summed E-state index contributed by atoms with van der Waals surface area (Å²) in [6, 6.07) is 8.88. The maximum atomic E-state index is 13.2. The maximum absolute atomic E-state index is 13.2. The lowest BCUT2D eigenvalue weighted by molar-refractivity contribution is 0.160. The van der Waals surface area contributed by atoms with Crippen LogP contribution in [-0.2, 0) is 6.54 Å². The molecule has 2 aromatic heterocycles. The second kappa shape index (κ2) is 9.68. The smallest absolute Gasteiger partial charge is 0.346 e. The predicted molar refractivity (Wildman–Crippen MR) is 129 cm³/mol. The van der Waals surface area contributed by atoms with Crippen molar-refractivity contribution in [2.45, 2.75) is 44.3 Å². The molecular formula is C23H24Cl2N6O3. The summed E-state index contributed by atoms with van der Waals surface area (Å²) >= 11 is 12.2. The number of aromatic nitrogens is 3. The topological polar surface area (TPSA) is 107 Å². The van der Waals surface area contributed by atoms with Gasteiger partial charge in [0, 0.05) is 47.0 Å². The van der Waals surface area contributed by atoms with E-state index < -0.39 is 0 Å². The molecule has 1 aromatic carbocycles. The predicted octanol–water partition coefficient (Wildman–Crippen LogP) is 4.07. The van der Waals surface area contributed by atoms with Crippen LogP contribution in [0.3, 0.4) is 0 Å². The zero-order valence-electron chi connectivity index (χ0n) is 18.3. The van der Waals surface area contributed by atoms with Gasteiger partial charge in [-0.05, 0) is 49.9 Å². The van der Waals surface area contributed by atoms with Crippen LogP contribution >= 0.6 is 23.2 Å². The van der Waals surface area contributed by atoms with Crippen LogP contribution in [0.25, 0.3) is 11.3 Å². The molecule has 34 heavy (non-hydrogen) atoms. The van der Waals surface area contributed by atoms with Crippen LogP contribution in [-0.4, -0.2) is 51.2 Å². The monoisotopic (exact) mass is 502 g/mol. The summed E-state index contributed by atoms with van der Waals surface area (Å²) in [6.45, 7) is 1.73. The molecule has 0 unspecified atom stereocenters. The molecule has 11 heteroatoms. The molecule has 0 spiro atoms. The number of rotatable bonds is 6. The van der Waals surface area contributed by atoms with E-state index in [0.717, 1.165) is 43.6 Å². The number of piperidine rings is 1. The average molecular weight is 503 g/mol. The Bertz CT molecular complexity index is 1220. The first kappa shape index (κ1) is 22.7. The zero-order chi connectivity index (χ0) is 23.7. The molecule has 9 nitrogen and oxygen atoms in total. The normalized spacial score (nSPS) is 18.1. The number of hydrogen-bond donors (Lipinski definition) is 2. The minimum absolute atomic E-state index is 0.0550. The highest BCUT2D eigenvalue weighted by molar-refractivity contribution is 6.35. The fourth-order valence-corrected chi connectivity index (χ4v) is 4.94. The van der Waals surface area contributed by atoms with E-state index in [4.69, 9.17) is 27.7 Å². The minimum Gasteiger partial charge on any atom is -0.356 e. The van der Waals surface area contributed by atoms with Crippen molar-refractivity contribution in [2.75, 3.05) is 18.0 Å². The van der Waals surface area contributed by atoms with Gasteiger partial charge in [0.1, 0.15) is 11.5 Å². The Hall–Kier alpha value is -3.04. The second-order valence-corrected chi connectivity index (χ2v) is 9.51. The molecule has 1 aliphatic carbocycles. The number of nitrogens with one attached hydrogen (secondary N) is 2. The van der Waals surface area contributed by atoms with Gasteiger partial charge in [0.25, 0.3) is 0 Å². The Morgan fingerprint density at radius 3 is 2.71 bits per heavy atom. The Morgan fingerprint density at radius 2 is 1.97 bits per heavy atom. The highest BCUT2D eigenvalue weighted by Crippen LogP contribution is 2.32. The summed E-state index contributed by atoms with van der Waals surface area (Å²) < 4.78 is 5.43. The van der Waals surface area contributed by atoms with E-state index >= 15 is 0 Å². The number of carbonyl (C=O) groups is 1. The fraction of sp³-hybridized carbons (Fsp3) is 0.391. The molecule has 3 heterocycles. The molecule has 1 saturated heterocycles. The average Bonchev–Trinajstić information content (AvgIpc) is 3.52. The first-order valence-corrected chi connectivity index (χ1v) is 12.0. The number of anilines is 1. The number of H-pyrrole nitrogens is 1. The second-order valence-electron chi connectivity index (χ2n) is 8.64. The van der Waals surface area contributed by atoms with E-state index in [1.54, 1.807) is 30.3 Å². The van der Waals surface area contributed by atoms with Crippen LogP contribution in [0.4, 0.5) is 10.6 Å². The number of urea groups is 1. The van der Waals surface area contributed by atoms with Gasteiger partial charge in [-0.1, -0.05) is 28.4 Å². The highest BCUT2D eigenvalue weighted by atomic mass is 35.5. The van der Waals surface area contributed by atoms with E-state index in [2.05, 4.69) is 25.3 Å². The highest BCUT2D eigenvalue weighted by Gasteiger charge is 2.39. The lowest BCUT2D eigenvalue weighted by Crippen LogP contribution is -2.54. The maximum Gasteiger partial charge on any atom is 0.346 e. The third kappa shape index (κ3) is 5.20. The van der Waals surface area contributed by atoms with Gasteiger partial charge in [0.15, 0.2) is 5.76 Å². The molecule has 2 aliphatic rings. The quantitative estimate of drug-likeness (QED) is 0.525. The van der Waals surface area contributed by atoms with Gasteiger partial charge >= 0.3 is 11.7 Å².